The van der Waals surface area contributed by atoms with Gasteiger partial charge in [-0.15, -0.1) is 11.3 Å². The third-order valence-electron chi connectivity index (χ3n) is 3.82. The number of aromatic amines is 2. The van der Waals surface area contributed by atoms with Crippen LogP contribution in [-0.4, -0.2) is 40.1 Å². The van der Waals surface area contributed by atoms with E-state index in [1.807, 2.05) is 17.5 Å². The highest BCUT2D eigenvalue weighted by molar-refractivity contribution is 7.13. The van der Waals surface area contributed by atoms with Crippen LogP contribution in [0, 0.1) is 6.92 Å². The molecular formula is C18H19N5O3S. The highest BCUT2D eigenvalue weighted by Crippen LogP contribution is 2.22. The Morgan fingerprint density at radius 2 is 1.93 bits per heavy atom. The summed E-state index contributed by atoms with van der Waals surface area (Å²) in [6.07, 6.45) is 0.531. The molecule has 0 radical (unpaired) electrons. The van der Waals surface area contributed by atoms with Gasteiger partial charge < -0.3 is 15.6 Å². The molecule has 2 amide bonds. The number of aryl methyl sites for hydroxylation is 1. The molecule has 0 unspecified atom stereocenters. The Bertz CT molecular complexity index is 991. The first-order valence-electron chi connectivity index (χ1n) is 8.40. The molecule has 0 aliphatic heterocycles. The molecule has 0 saturated heterocycles. The number of nitrogens with one attached hydrogen (secondary N) is 4. The van der Waals surface area contributed by atoms with E-state index in [9.17, 15) is 14.4 Å². The largest absolute Gasteiger partial charge is 0.352 e. The monoisotopic (exact) mass is 385 g/mol. The minimum absolute atomic E-state index is 0.0715. The fourth-order valence-electron chi connectivity index (χ4n) is 2.42. The van der Waals surface area contributed by atoms with E-state index in [-0.39, 0.29) is 11.5 Å². The van der Waals surface area contributed by atoms with Crippen LogP contribution in [0.25, 0.3) is 10.6 Å². The van der Waals surface area contributed by atoms with E-state index < -0.39 is 11.5 Å². The molecule has 3 aromatic heterocycles. The van der Waals surface area contributed by atoms with E-state index in [4.69, 9.17) is 0 Å². The fourth-order valence-corrected chi connectivity index (χ4v) is 3.12. The van der Waals surface area contributed by atoms with E-state index >= 15 is 0 Å². The van der Waals surface area contributed by atoms with Crippen molar-refractivity contribution in [2.24, 2.45) is 0 Å². The second kappa shape index (κ2) is 8.45. The van der Waals surface area contributed by atoms with Gasteiger partial charge in [0.25, 0.3) is 17.4 Å². The van der Waals surface area contributed by atoms with Crippen molar-refractivity contribution in [3.05, 3.63) is 63.0 Å². The Morgan fingerprint density at radius 1 is 1.15 bits per heavy atom. The Balaban J connectivity index is 1.42. The number of carbonyl (C=O) groups excluding carboxylic acids is 2. The molecule has 4 N–H and O–H groups in total. The third kappa shape index (κ3) is 4.70. The lowest BCUT2D eigenvalue weighted by Gasteiger charge is -2.06. The average Bonchev–Trinajstić information content (AvgIpc) is 3.32. The predicted molar refractivity (Wildman–Crippen MR) is 103 cm³/mol. The summed E-state index contributed by atoms with van der Waals surface area (Å²) < 4.78 is 0. The molecule has 27 heavy (non-hydrogen) atoms. The van der Waals surface area contributed by atoms with Crippen LogP contribution in [-0.2, 0) is 0 Å². The molecule has 8 nitrogen and oxygen atoms in total. The van der Waals surface area contributed by atoms with Crippen LogP contribution in [0.4, 0.5) is 0 Å². The molecule has 0 fully saturated rings. The molecule has 3 heterocycles. The molecule has 0 aliphatic carbocycles. The summed E-state index contributed by atoms with van der Waals surface area (Å²) in [7, 11) is 0. The van der Waals surface area contributed by atoms with Crippen LogP contribution in [0.15, 0.2) is 40.5 Å². The van der Waals surface area contributed by atoms with Crippen LogP contribution >= 0.6 is 11.3 Å². The molecule has 3 rings (SSSR count). The van der Waals surface area contributed by atoms with Crippen LogP contribution < -0.4 is 16.2 Å². The molecule has 0 aliphatic rings. The number of H-pyrrole nitrogens is 2. The van der Waals surface area contributed by atoms with Gasteiger partial charge in [-0.2, -0.15) is 5.10 Å². The van der Waals surface area contributed by atoms with Crippen LogP contribution in [0.2, 0.25) is 0 Å². The standard InChI is InChI=1S/C18H19N5O3S/c1-11-5-6-12(17(25)21-11)16(24)19-7-3-8-20-18(26)14-10-13(22-23-14)15-4-2-9-27-15/h2,4-6,9-10H,3,7-8H2,1H3,(H,19,24)(H,20,26)(H,21,25)(H,22,23). The zero-order chi connectivity index (χ0) is 19.2. The van der Waals surface area contributed by atoms with Crippen LogP contribution in [0.1, 0.15) is 33.0 Å². The molecule has 3 aromatic rings. The van der Waals surface area contributed by atoms with Gasteiger partial charge in [-0.3, -0.25) is 19.5 Å². The van der Waals surface area contributed by atoms with Gasteiger partial charge in [-0.05, 0) is 43.0 Å². The van der Waals surface area contributed by atoms with E-state index in [1.54, 1.807) is 30.4 Å². The van der Waals surface area contributed by atoms with Crippen molar-refractivity contribution < 1.29 is 9.59 Å². The summed E-state index contributed by atoms with van der Waals surface area (Å²) in [4.78, 5) is 39.4. The molecule has 9 heteroatoms. The zero-order valence-corrected chi connectivity index (χ0v) is 15.5. The maximum atomic E-state index is 12.1. The minimum Gasteiger partial charge on any atom is -0.352 e. The van der Waals surface area contributed by atoms with Crippen molar-refractivity contribution in [3.63, 3.8) is 0 Å². The Labute approximate surface area is 159 Å². The van der Waals surface area contributed by atoms with Gasteiger partial charge >= 0.3 is 0 Å². The number of aromatic nitrogens is 3. The van der Waals surface area contributed by atoms with Crippen molar-refractivity contribution in [2.45, 2.75) is 13.3 Å². The lowest BCUT2D eigenvalue weighted by Crippen LogP contribution is -2.32. The molecule has 0 bridgehead atoms. The summed E-state index contributed by atoms with van der Waals surface area (Å²) in [5.41, 5.74) is 1.46. The number of thiophene rings is 1. The second-order valence-electron chi connectivity index (χ2n) is 5.89. The van der Waals surface area contributed by atoms with Gasteiger partial charge in [-0.1, -0.05) is 6.07 Å². The summed E-state index contributed by atoms with van der Waals surface area (Å²) >= 11 is 1.56. The number of hydrogen-bond acceptors (Lipinski definition) is 5. The van der Waals surface area contributed by atoms with Gasteiger partial charge in [0.05, 0.1) is 10.6 Å². The molecule has 0 spiro atoms. The summed E-state index contributed by atoms with van der Waals surface area (Å²) in [5.74, 6) is -0.717. The number of pyridine rings is 1. The van der Waals surface area contributed by atoms with Crippen LogP contribution in [0.5, 0.6) is 0 Å². The molecule has 0 saturated carbocycles. The summed E-state index contributed by atoms with van der Waals surface area (Å²) in [6.45, 7) is 2.46. The van der Waals surface area contributed by atoms with E-state index in [2.05, 4.69) is 25.8 Å². The SMILES string of the molecule is Cc1ccc(C(=O)NCCCNC(=O)c2cc(-c3cccs3)[nH]n2)c(=O)[nH]1. The zero-order valence-electron chi connectivity index (χ0n) is 14.7. The number of amides is 2. The molecule has 0 aromatic carbocycles. The highest BCUT2D eigenvalue weighted by atomic mass is 32.1. The number of carbonyl (C=O) groups is 2. The fraction of sp³-hybridized carbons (Fsp3) is 0.222. The first-order valence-corrected chi connectivity index (χ1v) is 9.28. The number of rotatable bonds is 7. The molecule has 140 valence electrons. The van der Waals surface area contributed by atoms with Gasteiger partial charge in [0, 0.05) is 18.8 Å². The van der Waals surface area contributed by atoms with Gasteiger partial charge in [-0.25, -0.2) is 0 Å². The van der Waals surface area contributed by atoms with Crippen LogP contribution in [0.3, 0.4) is 0 Å². The first kappa shape index (κ1) is 18.6. The van der Waals surface area contributed by atoms with Crippen molar-refractivity contribution in [1.82, 2.24) is 25.8 Å². The van der Waals surface area contributed by atoms with Crippen molar-refractivity contribution in [1.29, 1.82) is 0 Å². The average molecular weight is 385 g/mol. The Morgan fingerprint density at radius 3 is 2.63 bits per heavy atom. The van der Waals surface area contributed by atoms with Gasteiger partial charge in [0.1, 0.15) is 5.56 Å². The Kier molecular flexibility index (Phi) is 5.82. The van der Waals surface area contributed by atoms with Gasteiger partial charge in [0.2, 0.25) is 0 Å². The number of hydrogen-bond donors (Lipinski definition) is 4. The normalized spacial score (nSPS) is 10.6. The number of nitrogens with zero attached hydrogens (tertiary/aromatic N) is 1. The first-order chi connectivity index (χ1) is 13.0. The van der Waals surface area contributed by atoms with Crippen molar-refractivity contribution >= 4 is 23.2 Å². The predicted octanol–water partition coefficient (Wildman–Crippen LogP) is 1.68. The molecular weight excluding hydrogens is 366 g/mol. The maximum Gasteiger partial charge on any atom is 0.271 e. The summed E-state index contributed by atoms with van der Waals surface area (Å²) in [5, 5.41) is 14.2. The highest BCUT2D eigenvalue weighted by Gasteiger charge is 2.12. The maximum absolute atomic E-state index is 12.1. The van der Waals surface area contributed by atoms with E-state index in [1.165, 1.54) is 6.07 Å². The topological polar surface area (TPSA) is 120 Å². The minimum atomic E-state index is -0.435. The Hall–Kier alpha value is -3.20. The van der Waals surface area contributed by atoms with E-state index in [0.717, 1.165) is 10.6 Å². The van der Waals surface area contributed by atoms with Gasteiger partial charge in [0.15, 0.2) is 5.69 Å². The lowest BCUT2D eigenvalue weighted by atomic mass is 10.2. The smallest absolute Gasteiger partial charge is 0.271 e. The molecule has 0 atom stereocenters. The quantitative estimate of drug-likeness (QED) is 0.463. The third-order valence-corrected chi connectivity index (χ3v) is 4.72. The van der Waals surface area contributed by atoms with E-state index in [0.29, 0.717) is 30.9 Å². The van der Waals surface area contributed by atoms with Crippen molar-refractivity contribution in [3.8, 4) is 10.6 Å². The van der Waals surface area contributed by atoms with Crippen molar-refractivity contribution in [2.75, 3.05) is 13.1 Å². The second-order valence-corrected chi connectivity index (χ2v) is 6.84. The lowest BCUT2D eigenvalue weighted by molar-refractivity contribution is 0.0947. The summed E-state index contributed by atoms with van der Waals surface area (Å²) in [6, 6.07) is 8.74.